The molecule has 0 saturated carbocycles. The molecule has 3 heterocycles. The van der Waals surface area contributed by atoms with Gasteiger partial charge in [0.15, 0.2) is 17.6 Å². The number of hydrogen-bond donors (Lipinski definition) is 2. The fraction of sp³-hybridized carbons (Fsp3) is 0.321. The molecule has 1 aromatic heterocycles. The highest BCUT2D eigenvalue weighted by atomic mass is 35.5. The van der Waals surface area contributed by atoms with E-state index in [2.05, 4.69) is 17.5 Å². The Balaban J connectivity index is 1.45. The Hall–Kier alpha value is -2.86. The second-order valence-electron chi connectivity index (χ2n) is 10.0. The zero-order valence-electron chi connectivity index (χ0n) is 18.7. The van der Waals surface area contributed by atoms with Crippen LogP contribution < -0.4 is 4.74 Å². The van der Waals surface area contributed by atoms with Crippen molar-refractivity contribution in [3.8, 4) is 22.6 Å². The zero-order chi connectivity index (χ0) is 23.2. The van der Waals surface area contributed by atoms with Crippen molar-refractivity contribution in [1.29, 1.82) is 0 Å². The second-order valence-corrected chi connectivity index (χ2v) is 10.5. The second kappa shape index (κ2) is 6.85. The Morgan fingerprint density at radius 2 is 2.00 bits per heavy atom. The Bertz CT molecular complexity index is 1360. The molecule has 2 bridgehead atoms. The molecule has 0 radical (unpaired) electrons. The Morgan fingerprint density at radius 1 is 1.18 bits per heavy atom. The molecule has 172 valence electrons. The molecule has 5 nitrogen and oxygen atoms in total. The van der Waals surface area contributed by atoms with Crippen molar-refractivity contribution >= 4 is 11.6 Å². The van der Waals surface area contributed by atoms with Gasteiger partial charge in [-0.2, -0.15) is 0 Å². The van der Waals surface area contributed by atoms with Crippen LogP contribution in [0.25, 0.3) is 11.1 Å². The molecule has 34 heavy (non-hydrogen) atoms. The number of hydrogen-bond acceptors (Lipinski definition) is 5. The molecule has 2 aliphatic carbocycles. The van der Waals surface area contributed by atoms with E-state index >= 15 is 0 Å². The first-order chi connectivity index (χ1) is 16.5. The molecule has 6 heteroatoms. The highest BCUT2D eigenvalue weighted by molar-refractivity contribution is 6.30. The van der Waals surface area contributed by atoms with Crippen molar-refractivity contribution in [3.05, 3.63) is 88.7 Å². The molecular weight excluding hydrogens is 448 g/mol. The lowest BCUT2D eigenvalue weighted by Crippen LogP contribution is -2.74. The summed E-state index contributed by atoms with van der Waals surface area (Å²) in [7, 11) is 0. The van der Waals surface area contributed by atoms with E-state index in [-0.39, 0.29) is 11.8 Å². The summed E-state index contributed by atoms with van der Waals surface area (Å²) in [5, 5.41) is 24.1. The fourth-order valence-electron chi connectivity index (χ4n) is 7.18. The largest absolute Gasteiger partial charge is 0.504 e. The van der Waals surface area contributed by atoms with Gasteiger partial charge in [0.25, 0.3) is 0 Å². The predicted octanol–water partition coefficient (Wildman–Crippen LogP) is 4.58. The molecular formula is C28H25ClN2O3. The van der Waals surface area contributed by atoms with Gasteiger partial charge in [-0.25, -0.2) is 0 Å². The first kappa shape index (κ1) is 20.5. The number of rotatable bonds is 3. The van der Waals surface area contributed by atoms with Gasteiger partial charge in [0, 0.05) is 47.9 Å². The third kappa shape index (κ3) is 2.40. The van der Waals surface area contributed by atoms with E-state index in [1.54, 1.807) is 6.07 Å². The smallest absolute Gasteiger partial charge is 0.166 e. The molecule has 4 aliphatic rings. The number of benzene rings is 2. The maximum Gasteiger partial charge on any atom is 0.166 e. The van der Waals surface area contributed by atoms with E-state index < -0.39 is 17.1 Å². The van der Waals surface area contributed by atoms with Crippen molar-refractivity contribution in [1.82, 2.24) is 9.88 Å². The molecule has 2 N–H and O–H groups in total. The van der Waals surface area contributed by atoms with Gasteiger partial charge in [0.05, 0.1) is 16.7 Å². The highest BCUT2D eigenvalue weighted by Crippen LogP contribution is 2.68. The summed E-state index contributed by atoms with van der Waals surface area (Å²) in [4.78, 5) is 7.26. The quantitative estimate of drug-likeness (QED) is 0.546. The van der Waals surface area contributed by atoms with Crippen LogP contribution in [0.1, 0.15) is 34.9 Å². The number of aromatic hydroxyl groups is 1. The van der Waals surface area contributed by atoms with Crippen LogP contribution >= 0.6 is 11.6 Å². The number of likely N-dealkylation sites (tertiary alicyclic amines) is 1. The lowest BCUT2D eigenvalue weighted by Gasteiger charge is -2.62. The minimum Gasteiger partial charge on any atom is -0.504 e. The summed E-state index contributed by atoms with van der Waals surface area (Å²) in [6.07, 6.45) is 5.30. The van der Waals surface area contributed by atoms with Crippen molar-refractivity contribution in [2.45, 2.75) is 42.4 Å². The number of aromatic nitrogens is 1. The number of phenolic OH excluding ortho intramolecular Hbond substituents is 1. The lowest BCUT2D eigenvalue weighted by atomic mass is 9.49. The maximum atomic E-state index is 12.7. The SMILES string of the molecule is C=CCN1CC[C@]23c4c5ccc(O)c4O[C@H]2c2ncc(-c4ccc(Cl)cc4)cc2C[C@@]3(O)C1C5. The molecule has 0 amide bonds. The first-order valence-corrected chi connectivity index (χ1v) is 12.2. The summed E-state index contributed by atoms with van der Waals surface area (Å²) in [5.74, 6) is 0.657. The van der Waals surface area contributed by atoms with Crippen molar-refractivity contribution in [3.63, 3.8) is 0 Å². The van der Waals surface area contributed by atoms with Crippen LogP contribution in [0, 0.1) is 0 Å². The van der Waals surface area contributed by atoms with Gasteiger partial charge < -0.3 is 14.9 Å². The monoisotopic (exact) mass is 472 g/mol. The normalized spacial score (nSPS) is 30.3. The molecule has 1 unspecified atom stereocenters. The maximum absolute atomic E-state index is 12.7. The zero-order valence-corrected chi connectivity index (χ0v) is 19.4. The van der Waals surface area contributed by atoms with Crippen LogP contribution in [-0.4, -0.2) is 44.8 Å². The summed E-state index contributed by atoms with van der Waals surface area (Å²) in [5.41, 5.74) is 4.34. The third-order valence-electron chi connectivity index (χ3n) is 8.57. The summed E-state index contributed by atoms with van der Waals surface area (Å²) in [6.45, 7) is 5.52. The Labute approximate surface area is 203 Å². The summed E-state index contributed by atoms with van der Waals surface area (Å²) in [6, 6.07) is 13.5. The van der Waals surface area contributed by atoms with Gasteiger partial charge in [-0.3, -0.25) is 9.88 Å². The van der Waals surface area contributed by atoms with Gasteiger partial charge >= 0.3 is 0 Å². The van der Waals surface area contributed by atoms with E-state index in [4.69, 9.17) is 21.3 Å². The van der Waals surface area contributed by atoms with Crippen LogP contribution in [0.15, 0.2) is 61.3 Å². The van der Waals surface area contributed by atoms with Gasteiger partial charge in [-0.15, -0.1) is 6.58 Å². The summed E-state index contributed by atoms with van der Waals surface area (Å²) >= 11 is 6.09. The van der Waals surface area contributed by atoms with E-state index in [1.807, 2.05) is 42.6 Å². The first-order valence-electron chi connectivity index (χ1n) is 11.8. The lowest BCUT2D eigenvalue weighted by molar-refractivity contribution is -0.171. The van der Waals surface area contributed by atoms with Crippen molar-refractivity contribution in [2.75, 3.05) is 13.1 Å². The number of halogens is 1. The molecule has 2 aromatic carbocycles. The average molecular weight is 473 g/mol. The minimum absolute atomic E-state index is 0.0688. The van der Waals surface area contributed by atoms with Crippen LogP contribution in [0.4, 0.5) is 0 Å². The number of nitrogens with zero attached hydrogens (tertiary/aromatic N) is 2. The summed E-state index contributed by atoms with van der Waals surface area (Å²) < 4.78 is 6.53. The van der Waals surface area contributed by atoms with Gasteiger partial charge in [-0.1, -0.05) is 35.9 Å². The minimum atomic E-state index is -1.04. The van der Waals surface area contributed by atoms with E-state index in [1.165, 1.54) is 0 Å². The number of fused-ring (bicyclic) bond motifs is 2. The van der Waals surface area contributed by atoms with Crippen LogP contribution in [0.3, 0.4) is 0 Å². The van der Waals surface area contributed by atoms with Crippen molar-refractivity contribution < 1.29 is 14.9 Å². The number of ether oxygens (including phenoxy) is 1. The average Bonchev–Trinajstić information content (AvgIpc) is 3.18. The molecule has 3 aromatic rings. The molecule has 4 atom stereocenters. The van der Waals surface area contributed by atoms with Crippen molar-refractivity contribution in [2.24, 2.45) is 0 Å². The van der Waals surface area contributed by atoms with Crippen LogP contribution in [0.5, 0.6) is 11.5 Å². The number of phenols is 1. The van der Waals surface area contributed by atoms with Gasteiger partial charge in [0.1, 0.15) is 0 Å². The molecule has 1 fully saturated rings. The third-order valence-corrected chi connectivity index (χ3v) is 8.83. The number of piperidine rings is 1. The van der Waals surface area contributed by atoms with E-state index in [0.29, 0.717) is 23.6 Å². The van der Waals surface area contributed by atoms with E-state index in [0.717, 1.165) is 53.0 Å². The van der Waals surface area contributed by atoms with Crippen LogP contribution in [-0.2, 0) is 18.3 Å². The number of pyridine rings is 1. The molecule has 1 saturated heterocycles. The Kier molecular flexibility index (Phi) is 4.13. The predicted molar refractivity (Wildman–Crippen MR) is 130 cm³/mol. The fourth-order valence-corrected chi connectivity index (χ4v) is 7.30. The molecule has 7 rings (SSSR count). The highest BCUT2D eigenvalue weighted by Gasteiger charge is 2.72. The van der Waals surface area contributed by atoms with Gasteiger partial charge in [-0.05, 0) is 53.8 Å². The molecule has 1 spiro atoms. The standard InChI is InChI=1S/C28H25ClN2O3/c1-2-10-31-11-9-27-23-17-5-8-21(32)25(23)34-26(27)24-18(14-28(27,33)22(31)13-17)12-19(15-30-24)16-3-6-20(29)7-4-16/h2-8,12,15,22,26,32-33H,1,9-11,13-14H2/t22?,26-,27-,28+/m0/s1. The topological polar surface area (TPSA) is 65.8 Å². The molecule has 2 aliphatic heterocycles. The van der Waals surface area contributed by atoms with E-state index in [9.17, 15) is 10.2 Å². The number of aliphatic hydroxyl groups is 1. The van der Waals surface area contributed by atoms with Crippen LogP contribution in [0.2, 0.25) is 5.02 Å². The Morgan fingerprint density at radius 3 is 2.79 bits per heavy atom. The van der Waals surface area contributed by atoms with Gasteiger partial charge in [0.2, 0.25) is 0 Å².